The van der Waals surface area contributed by atoms with E-state index in [2.05, 4.69) is 24.3 Å². The lowest BCUT2D eigenvalue weighted by Crippen LogP contribution is -2.40. The Bertz CT molecular complexity index is 5870. The summed E-state index contributed by atoms with van der Waals surface area (Å²) in [4.78, 5) is 114. The number of rotatable bonds is 8. The Morgan fingerprint density at radius 3 is 0.500 bits per heavy atom. The zero-order valence-electron chi connectivity index (χ0n) is 55.1. The van der Waals surface area contributed by atoms with E-state index in [1.165, 1.54) is 19.6 Å². The minimum atomic E-state index is -0.338. The largest absolute Gasteiger partial charge is 0.268 e. The number of carbonyl (C=O) groups is 8. The maximum absolute atomic E-state index is 13.8. The number of nitrogens with zero attached hydrogens (tertiary/aromatic N) is 4. The van der Waals surface area contributed by atoms with Crippen LogP contribution in [0.2, 0.25) is 0 Å². The molecule has 0 radical (unpaired) electrons. The lowest BCUT2D eigenvalue weighted by atomic mass is 9.86. The Morgan fingerprint density at radius 1 is 0.154 bits per heavy atom. The molecule has 0 fully saturated rings. The summed E-state index contributed by atoms with van der Waals surface area (Å²) in [6.07, 6.45) is 0. The van der Waals surface area contributed by atoms with Crippen LogP contribution in [-0.4, -0.2) is 47.3 Å². The van der Waals surface area contributed by atoms with Crippen molar-refractivity contribution in [3.8, 4) is 44.5 Å². The maximum atomic E-state index is 13.8. The predicted octanol–water partition coefficient (Wildman–Crippen LogP) is 20.2. The number of fused-ring (bicyclic) bond motifs is 2. The van der Waals surface area contributed by atoms with Crippen molar-refractivity contribution in [2.75, 3.05) is 19.6 Å². The van der Waals surface area contributed by atoms with Crippen LogP contribution in [0.3, 0.4) is 0 Å². The van der Waals surface area contributed by atoms with Crippen molar-refractivity contribution in [2.24, 2.45) is 0 Å². The molecular weight excluding hydrogens is 1290 g/mol. The van der Waals surface area contributed by atoms with Gasteiger partial charge in [-0.2, -0.15) is 0 Å². The summed E-state index contributed by atoms with van der Waals surface area (Å²) < 4.78 is 0. The smallest absolute Gasteiger partial charge is 0.265 e. The van der Waals surface area contributed by atoms with Gasteiger partial charge in [-0.1, -0.05) is 218 Å². The van der Waals surface area contributed by atoms with Crippen molar-refractivity contribution >= 4 is 135 Å². The third-order valence-corrected chi connectivity index (χ3v) is 20.6. The van der Waals surface area contributed by atoms with Gasteiger partial charge >= 0.3 is 0 Å². The summed E-state index contributed by atoms with van der Waals surface area (Å²) >= 11 is 0. The third-order valence-electron chi connectivity index (χ3n) is 20.6. The monoisotopic (exact) mass is 1340 g/mol. The predicted molar refractivity (Wildman–Crippen MR) is 410 cm³/mol. The number of benzene rings is 16. The fourth-order valence-corrected chi connectivity index (χ4v) is 15.8. The first-order valence-corrected chi connectivity index (χ1v) is 34.0. The molecule has 20 rings (SSSR count). The van der Waals surface area contributed by atoms with E-state index in [4.69, 9.17) is 0 Å². The van der Waals surface area contributed by atoms with Crippen LogP contribution in [0.4, 0.5) is 22.7 Å². The number of carbonyl (C=O) groups excluding carboxylic acids is 8. The van der Waals surface area contributed by atoms with E-state index in [1.807, 2.05) is 218 Å². The summed E-state index contributed by atoms with van der Waals surface area (Å²) in [6.45, 7) is 0. The molecule has 12 heteroatoms. The van der Waals surface area contributed by atoms with E-state index >= 15 is 0 Å². The van der Waals surface area contributed by atoms with E-state index in [-0.39, 0.29) is 47.3 Å². The van der Waals surface area contributed by atoms with Crippen LogP contribution in [0.5, 0.6) is 0 Å². The first-order valence-electron chi connectivity index (χ1n) is 34.0. The summed E-state index contributed by atoms with van der Waals surface area (Å²) in [7, 11) is 0. The molecule has 0 saturated heterocycles. The summed E-state index contributed by atoms with van der Waals surface area (Å²) in [6, 6.07) is 99.0. The highest BCUT2D eigenvalue weighted by Gasteiger charge is 2.38. The van der Waals surface area contributed by atoms with Gasteiger partial charge < -0.3 is 0 Å². The molecule has 0 aromatic heterocycles. The lowest BCUT2D eigenvalue weighted by Gasteiger charge is -2.27. The molecule has 8 amide bonds. The van der Waals surface area contributed by atoms with Crippen molar-refractivity contribution < 1.29 is 38.4 Å². The van der Waals surface area contributed by atoms with Gasteiger partial charge in [-0.05, 0) is 185 Å². The normalized spacial score (nSPS) is 13.8. The van der Waals surface area contributed by atoms with Crippen LogP contribution in [0, 0.1) is 0 Å². The quantitative estimate of drug-likeness (QED) is 0.108. The molecule has 0 aliphatic carbocycles. The number of hydrogen-bond acceptors (Lipinski definition) is 8. The van der Waals surface area contributed by atoms with E-state index in [0.29, 0.717) is 88.8 Å². The van der Waals surface area contributed by atoms with Crippen molar-refractivity contribution in [3.63, 3.8) is 0 Å². The summed E-state index contributed by atoms with van der Waals surface area (Å²) in [5.41, 5.74) is 14.0. The van der Waals surface area contributed by atoms with Gasteiger partial charge in [0.2, 0.25) is 0 Å². The van der Waals surface area contributed by atoms with Crippen LogP contribution < -0.4 is 19.6 Å². The summed E-state index contributed by atoms with van der Waals surface area (Å²) in [5.74, 6) is -2.67. The Labute approximate surface area is 593 Å². The molecule has 4 aliphatic heterocycles. The van der Waals surface area contributed by atoms with E-state index in [9.17, 15) is 38.4 Å². The van der Waals surface area contributed by atoms with E-state index in [1.54, 1.807) is 72.8 Å². The molecule has 4 heterocycles. The minimum Gasteiger partial charge on any atom is -0.268 e. The average Bonchev–Trinajstić information content (AvgIpc) is 0.757. The lowest BCUT2D eigenvalue weighted by molar-refractivity contribution is 0.0877. The molecule has 0 unspecified atom stereocenters. The standard InChI is InChI=1S/C50H28N2O4.C42H24N2O4/c53-47-39-17-5-9-29-10-6-18-40(45(29)39)48(54)51(47)33-25-21-31(22-26-33)43-35-13-1-2-14-36(35)44(38-16-4-3-15-37(38)43)32-23-27-34(28-24-32)52-49(55)41-19-7-11-30-12-8-20-42(46(30)41)50(52)56;45-39-33-9-1-5-29-6-2-10-34(37(29)33)40(46)43(39)31-21-17-27(18-22-31)25-13-15-26(16-14-25)28-19-23-32(24-20-28)44-41(47)35-11-3-7-30-8-4-12-36(38(30)35)42(44)48/h1-28H;1-24H. The molecular formula is C92H52N4O8. The van der Waals surface area contributed by atoms with Gasteiger partial charge in [0.1, 0.15) is 0 Å². The second-order valence-corrected chi connectivity index (χ2v) is 26.2. The van der Waals surface area contributed by atoms with Crippen molar-refractivity contribution in [1.29, 1.82) is 0 Å². The van der Waals surface area contributed by atoms with E-state index < -0.39 is 0 Å². The highest BCUT2D eigenvalue weighted by Crippen LogP contribution is 2.46. The van der Waals surface area contributed by atoms with Crippen LogP contribution in [0.1, 0.15) is 82.9 Å². The molecule has 0 spiro atoms. The molecule has 0 N–H and O–H groups in total. The van der Waals surface area contributed by atoms with Crippen molar-refractivity contribution in [2.45, 2.75) is 0 Å². The molecule has 16 aromatic rings. The minimum absolute atomic E-state index is 0.330. The second kappa shape index (κ2) is 23.7. The number of imide groups is 4. The van der Waals surface area contributed by atoms with Gasteiger partial charge in [0.15, 0.2) is 0 Å². The van der Waals surface area contributed by atoms with Crippen molar-refractivity contribution in [3.05, 3.63) is 360 Å². The molecule has 0 bridgehead atoms. The SMILES string of the molecule is O=C1c2cccc3cccc(c23)C(=O)N1c1ccc(-c2c3ccccc3c(-c3ccc(N4C(=O)c5cccc6cccc(c56)C4=O)cc3)c3ccccc23)cc1.O=C1c2cccc3cccc(c23)C(=O)N1c1ccc(-c2ccc(-c3ccc(N4C(=O)c5cccc6cccc(c56)C4=O)cc3)cc2)cc1. The van der Waals surface area contributed by atoms with Gasteiger partial charge in [-0.25, -0.2) is 19.6 Å². The van der Waals surface area contributed by atoms with Crippen LogP contribution in [0.15, 0.2) is 315 Å². The van der Waals surface area contributed by atoms with Crippen LogP contribution in [-0.2, 0) is 0 Å². The number of amides is 8. The highest BCUT2D eigenvalue weighted by atomic mass is 16.2. The Balaban J connectivity index is 0.000000145. The fourth-order valence-electron chi connectivity index (χ4n) is 15.8. The van der Waals surface area contributed by atoms with Crippen molar-refractivity contribution in [1.82, 2.24) is 0 Å². The Kier molecular flexibility index (Phi) is 13.8. The average molecular weight is 1340 g/mol. The zero-order chi connectivity index (χ0) is 70.2. The number of anilines is 4. The van der Waals surface area contributed by atoms with Gasteiger partial charge in [0.05, 0.1) is 22.7 Å². The van der Waals surface area contributed by atoms with Gasteiger partial charge in [0, 0.05) is 66.1 Å². The maximum Gasteiger partial charge on any atom is 0.265 e. The first-order chi connectivity index (χ1) is 50.9. The van der Waals surface area contributed by atoms with Crippen LogP contribution >= 0.6 is 0 Å². The van der Waals surface area contributed by atoms with Gasteiger partial charge in [-0.15, -0.1) is 0 Å². The third kappa shape index (κ3) is 9.32. The van der Waals surface area contributed by atoms with Gasteiger partial charge in [0.25, 0.3) is 47.3 Å². The Morgan fingerprint density at radius 2 is 0.317 bits per heavy atom. The molecule has 0 saturated carbocycles. The highest BCUT2D eigenvalue weighted by molar-refractivity contribution is 6.39. The van der Waals surface area contributed by atoms with E-state index in [0.717, 1.165) is 87.6 Å². The molecule has 104 heavy (non-hydrogen) atoms. The molecule has 0 atom stereocenters. The molecule has 488 valence electrons. The fraction of sp³-hybridized carbons (Fsp3) is 0. The molecule has 12 nitrogen and oxygen atoms in total. The number of hydrogen-bond donors (Lipinski definition) is 0. The zero-order valence-corrected chi connectivity index (χ0v) is 55.1. The molecule has 16 aromatic carbocycles. The first kappa shape index (κ1) is 60.8. The molecule has 4 aliphatic rings. The van der Waals surface area contributed by atoms with Crippen LogP contribution in [0.25, 0.3) is 109 Å². The second-order valence-electron chi connectivity index (χ2n) is 26.2. The Hall–Kier alpha value is -14.4. The van der Waals surface area contributed by atoms with Gasteiger partial charge in [-0.3, -0.25) is 38.4 Å². The topological polar surface area (TPSA) is 150 Å². The summed E-state index contributed by atoms with van der Waals surface area (Å²) in [5, 5.41) is 10.4.